The molecule has 1 N–H and O–H groups in total. The Balaban J connectivity index is 1.75. The quantitative estimate of drug-likeness (QED) is 0.566. The van der Waals surface area contributed by atoms with Crippen molar-refractivity contribution in [2.75, 3.05) is 18.6 Å². The number of nitrogens with one attached hydrogen (secondary N) is 1. The standard InChI is InChI=1S/C19H16F4N4O2S2/c1-27-7-10-3-14(20)15(4-11(10)8-27)25-18-24-6-13(19(21,22)23)17(26-18)16-5-12(9-30-16)31(2,28)29/h3-6,9H,7-8H2,1-2H3,(H,24,25,26). The number of thiophene rings is 1. The largest absolute Gasteiger partial charge is 0.420 e. The highest BCUT2D eigenvalue weighted by atomic mass is 32.2. The van der Waals surface area contributed by atoms with Gasteiger partial charge in [0.15, 0.2) is 9.84 Å². The molecule has 1 aromatic carbocycles. The van der Waals surface area contributed by atoms with Gasteiger partial charge in [0.1, 0.15) is 11.4 Å². The Morgan fingerprint density at radius 3 is 2.45 bits per heavy atom. The Morgan fingerprint density at radius 1 is 1.16 bits per heavy atom. The van der Waals surface area contributed by atoms with Crippen molar-refractivity contribution in [3.63, 3.8) is 0 Å². The average molecular weight is 472 g/mol. The van der Waals surface area contributed by atoms with Gasteiger partial charge in [-0.3, -0.25) is 4.90 Å². The van der Waals surface area contributed by atoms with E-state index in [0.29, 0.717) is 19.3 Å². The predicted octanol–water partition coefficient (Wildman–Crippen LogP) is 4.46. The smallest absolute Gasteiger partial charge is 0.322 e. The predicted molar refractivity (Wildman–Crippen MR) is 108 cm³/mol. The third kappa shape index (κ3) is 4.41. The van der Waals surface area contributed by atoms with Crippen LogP contribution in [0.15, 0.2) is 34.7 Å². The van der Waals surface area contributed by atoms with Gasteiger partial charge in [0.05, 0.1) is 21.2 Å². The van der Waals surface area contributed by atoms with Crippen LogP contribution in [-0.4, -0.2) is 36.6 Å². The fourth-order valence-electron chi connectivity index (χ4n) is 3.28. The molecule has 6 nitrogen and oxygen atoms in total. The van der Waals surface area contributed by atoms with Crippen molar-refractivity contribution in [2.45, 2.75) is 24.2 Å². The summed E-state index contributed by atoms with van der Waals surface area (Å²) in [7, 11) is -1.71. The van der Waals surface area contributed by atoms with Crippen molar-refractivity contribution >= 4 is 32.8 Å². The summed E-state index contributed by atoms with van der Waals surface area (Å²) in [5, 5.41) is 3.89. The maximum absolute atomic E-state index is 14.5. The minimum atomic E-state index is -4.76. The molecule has 0 bridgehead atoms. The first-order chi connectivity index (χ1) is 14.4. The second-order valence-electron chi connectivity index (χ2n) is 7.27. The van der Waals surface area contributed by atoms with E-state index in [4.69, 9.17) is 0 Å². The van der Waals surface area contributed by atoms with Crippen LogP contribution in [0.25, 0.3) is 10.6 Å². The van der Waals surface area contributed by atoms with Gasteiger partial charge in [-0.05, 0) is 36.4 Å². The highest BCUT2D eigenvalue weighted by Gasteiger charge is 2.36. The van der Waals surface area contributed by atoms with Gasteiger partial charge in [0.2, 0.25) is 5.95 Å². The minimum Gasteiger partial charge on any atom is -0.322 e. The molecule has 4 rings (SSSR count). The molecule has 0 unspecified atom stereocenters. The Morgan fingerprint density at radius 2 is 1.84 bits per heavy atom. The molecule has 3 heterocycles. The normalized spacial score (nSPS) is 14.6. The van der Waals surface area contributed by atoms with E-state index in [1.165, 1.54) is 11.4 Å². The maximum Gasteiger partial charge on any atom is 0.420 e. The summed E-state index contributed by atoms with van der Waals surface area (Å²) in [6, 6.07) is 4.10. The number of nitrogens with zero attached hydrogens (tertiary/aromatic N) is 3. The summed E-state index contributed by atoms with van der Waals surface area (Å²) < 4.78 is 78.5. The SMILES string of the molecule is CN1Cc2cc(F)c(Nc3ncc(C(F)(F)F)c(-c4cc(S(C)(=O)=O)cs4)n3)cc2C1. The first-order valence-corrected chi connectivity index (χ1v) is 11.7. The van der Waals surface area contributed by atoms with Crippen LogP contribution in [0.4, 0.5) is 29.2 Å². The van der Waals surface area contributed by atoms with Crippen molar-refractivity contribution in [3.8, 4) is 10.6 Å². The second-order valence-corrected chi connectivity index (χ2v) is 10.2. The van der Waals surface area contributed by atoms with Crippen molar-refractivity contribution < 1.29 is 26.0 Å². The van der Waals surface area contributed by atoms with E-state index < -0.39 is 33.1 Å². The molecule has 12 heteroatoms. The third-order valence-electron chi connectivity index (χ3n) is 4.75. The minimum absolute atomic E-state index is 0.00856. The summed E-state index contributed by atoms with van der Waals surface area (Å²) in [6.07, 6.45) is -3.19. The number of sulfone groups is 1. The molecule has 1 aliphatic heterocycles. The molecule has 0 aliphatic carbocycles. The second kappa shape index (κ2) is 7.53. The molecule has 1 aliphatic rings. The molecular weight excluding hydrogens is 456 g/mol. The van der Waals surface area contributed by atoms with Crippen LogP contribution in [0.3, 0.4) is 0 Å². The number of anilines is 2. The number of rotatable bonds is 4. The van der Waals surface area contributed by atoms with Crippen molar-refractivity contribution in [1.29, 1.82) is 0 Å². The molecule has 0 spiro atoms. The lowest BCUT2D eigenvalue weighted by molar-refractivity contribution is -0.137. The Kier molecular flexibility index (Phi) is 5.26. The Labute approximate surface area is 179 Å². The fraction of sp³-hybridized carbons (Fsp3) is 0.263. The van der Waals surface area contributed by atoms with Crippen LogP contribution >= 0.6 is 11.3 Å². The molecule has 31 heavy (non-hydrogen) atoms. The van der Waals surface area contributed by atoms with E-state index in [-0.39, 0.29) is 21.4 Å². The average Bonchev–Trinajstić information content (AvgIpc) is 3.27. The number of hydrogen-bond acceptors (Lipinski definition) is 7. The van der Waals surface area contributed by atoms with Gasteiger partial charge in [0.25, 0.3) is 0 Å². The zero-order valence-corrected chi connectivity index (χ0v) is 17.9. The van der Waals surface area contributed by atoms with Gasteiger partial charge >= 0.3 is 6.18 Å². The van der Waals surface area contributed by atoms with E-state index in [1.54, 1.807) is 6.07 Å². The molecule has 164 valence electrons. The number of alkyl halides is 3. The van der Waals surface area contributed by atoms with E-state index in [0.717, 1.165) is 34.8 Å². The Hall–Kier alpha value is -2.57. The monoisotopic (exact) mass is 472 g/mol. The zero-order valence-electron chi connectivity index (χ0n) is 16.3. The number of fused-ring (bicyclic) bond motifs is 1. The summed E-state index contributed by atoms with van der Waals surface area (Å²) >= 11 is 0.818. The van der Waals surface area contributed by atoms with Crippen molar-refractivity contribution in [2.24, 2.45) is 0 Å². The molecule has 0 atom stereocenters. The molecule has 2 aromatic heterocycles. The van der Waals surface area contributed by atoms with Crippen LogP contribution in [0.5, 0.6) is 0 Å². The summed E-state index contributed by atoms with van der Waals surface area (Å²) in [5.74, 6) is -0.808. The van der Waals surface area contributed by atoms with Gasteiger partial charge in [-0.1, -0.05) is 0 Å². The first kappa shape index (κ1) is 21.7. The Bertz CT molecular complexity index is 1270. The van der Waals surface area contributed by atoms with Crippen LogP contribution < -0.4 is 5.32 Å². The summed E-state index contributed by atoms with van der Waals surface area (Å²) in [4.78, 5) is 9.54. The summed E-state index contributed by atoms with van der Waals surface area (Å²) in [5.41, 5.74) is 0.186. The van der Waals surface area contributed by atoms with E-state index in [2.05, 4.69) is 15.3 Å². The molecule has 0 saturated carbocycles. The number of halogens is 4. The van der Waals surface area contributed by atoms with Gasteiger partial charge in [-0.15, -0.1) is 11.3 Å². The molecule has 0 radical (unpaired) electrons. The lowest BCUT2D eigenvalue weighted by atomic mass is 10.1. The van der Waals surface area contributed by atoms with Gasteiger partial charge in [-0.25, -0.2) is 22.8 Å². The van der Waals surface area contributed by atoms with Crippen LogP contribution in [0.1, 0.15) is 16.7 Å². The van der Waals surface area contributed by atoms with Crippen molar-refractivity contribution in [3.05, 3.63) is 52.3 Å². The topological polar surface area (TPSA) is 75.2 Å². The van der Waals surface area contributed by atoms with Crippen LogP contribution in [0, 0.1) is 5.82 Å². The zero-order chi connectivity index (χ0) is 22.6. The van der Waals surface area contributed by atoms with Crippen LogP contribution in [0.2, 0.25) is 0 Å². The highest BCUT2D eigenvalue weighted by Crippen LogP contribution is 2.39. The molecular formula is C19H16F4N4O2S2. The summed E-state index contributed by atoms with van der Waals surface area (Å²) in [6.45, 7) is 1.22. The lowest BCUT2D eigenvalue weighted by Crippen LogP contribution is -2.11. The lowest BCUT2D eigenvalue weighted by Gasteiger charge is -2.13. The molecule has 0 saturated heterocycles. The van der Waals surface area contributed by atoms with Gasteiger partial charge in [0, 0.05) is 30.9 Å². The number of aromatic nitrogens is 2. The highest BCUT2D eigenvalue weighted by molar-refractivity contribution is 7.90. The third-order valence-corrected chi connectivity index (χ3v) is 6.93. The molecule has 3 aromatic rings. The molecule has 0 fully saturated rings. The maximum atomic E-state index is 14.5. The van der Waals surface area contributed by atoms with Gasteiger partial charge in [-0.2, -0.15) is 13.2 Å². The van der Waals surface area contributed by atoms with E-state index >= 15 is 0 Å². The first-order valence-electron chi connectivity index (χ1n) is 8.92. The number of benzene rings is 1. The number of hydrogen-bond donors (Lipinski definition) is 1. The van der Waals surface area contributed by atoms with Crippen LogP contribution in [-0.2, 0) is 29.1 Å². The van der Waals surface area contributed by atoms with Crippen molar-refractivity contribution in [1.82, 2.24) is 14.9 Å². The van der Waals surface area contributed by atoms with E-state index in [9.17, 15) is 26.0 Å². The van der Waals surface area contributed by atoms with E-state index in [1.807, 2.05) is 11.9 Å². The van der Waals surface area contributed by atoms with Gasteiger partial charge < -0.3 is 5.32 Å². The molecule has 0 amide bonds. The fourth-order valence-corrected chi connectivity index (χ4v) is 5.31.